The molecule has 0 aromatic heterocycles. The molecule has 100 valence electrons. The van der Waals surface area contributed by atoms with Crippen LogP contribution in [0.4, 0.5) is 0 Å². The van der Waals surface area contributed by atoms with Gasteiger partial charge in [0.15, 0.2) is 0 Å². The Morgan fingerprint density at radius 1 is 1.41 bits per heavy atom. The molecule has 0 saturated carbocycles. The van der Waals surface area contributed by atoms with Gasteiger partial charge in [0, 0.05) is 13.1 Å². The Labute approximate surface area is 103 Å². The molecule has 1 fully saturated rings. The molecule has 0 bridgehead atoms. The van der Waals surface area contributed by atoms with Crippen LogP contribution in [0.3, 0.4) is 0 Å². The summed E-state index contributed by atoms with van der Waals surface area (Å²) in [6, 6.07) is 0. The van der Waals surface area contributed by atoms with Crippen molar-refractivity contribution in [3.63, 3.8) is 0 Å². The number of hydrogen-bond acceptors (Lipinski definition) is 4. The van der Waals surface area contributed by atoms with Gasteiger partial charge in [-0.3, -0.25) is 9.69 Å². The minimum atomic E-state index is -0.885. The van der Waals surface area contributed by atoms with E-state index in [9.17, 15) is 4.79 Å². The maximum atomic E-state index is 11.1. The van der Waals surface area contributed by atoms with E-state index in [4.69, 9.17) is 16.2 Å². The molecule has 1 saturated heterocycles. The van der Waals surface area contributed by atoms with E-state index < -0.39 is 11.4 Å². The summed E-state index contributed by atoms with van der Waals surface area (Å²) < 4.78 is 5.66. The second kappa shape index (κ2) is 5.80. The highest BCUT2D eigenvalue weighted by atomic mass is 16.5. The fourth-order valence-corrected chi connectivity index (χ4v) is 2.26. The molecule has 4 N–H and O–H groups in total. The third kappa shape index (κ3) is 4.61. The lowest BCUT2D eigenvalue weighted by Gasteiger charge is -2.35. The average Bonchev–Trinajstić information content (AvgIpc) is 2.15. The van der Waals surface area contributed by atoms with Crippen LogP contribution in [0.1, 0.15) is 33.6 Å². The van der Waals surface area contributed by atoms with Crippen molar-refractivity contribution >= 4 is 5.91 Å². The molecule has 0 spiro atoms. The molecule has 3 atom stereocenters. The highest BCUT2D eigenvalue weighted by Crippen LogP contribution is 2.13. The molecule has 1 aliphatic heterocycles. The molecule has 5 heteroatoms. The molecule has 5 nitrogen and oxygen atoms in total. The summed E-state index contributed by atoms with van der Waals surface area (Å²) in [5, 5.41) is 0. The maximum absolute atomic E-state index is 11.1. The van der Waals surface area contributed by atoms with Gasteiger partial charge in [-0.05, 0) is 40.2 Å². The van der Waals surface area contributed by atoms with Gasteiger partial charge in [0.2, 0.25) is 5.91 Å². The largest absolute Gasteiger partial charge is 0.373 e. The van der Waals surface area contributed by atoms with Gasteiger partial charge in [0.1, 0.15) is 0 Å². The number of nitrogens with two attached hydrogens (primary N) is 2. The van der Waals surface area contributed by atoms with Crippen LogP contribution in [0.2, 0.25) is 0 Å². The number of primary amides is 1. The molecule has 0 aliphatic carbocycles. The minimum absolute atomic E-state index is 0.277. The third-order valence-corrected chi connectivity index (χ3v) is 3.23. The predicted molar refractivity (Wildman–Crippen MR) is 67.5 cm³/mol. The van der Waals surface area contributed by atoms with Gasteiger partial charge in [-0.15, -0.1) is 0 Å². The van der Waals surface area contributed by atoms with Crippen LogP contribution in [-0.4, -0.2) is 48.2 Å². The minimum Gasteiger partial charge on any atom is -0.373 e. The van der Waals surface area contributed by atoms with Crippen LogP contribution in [0.15, 0.2) is 0 Å². The van der Waals surface area contributed by atoms with Gasteiger partial charge < -0.3 is 16.2 Å². The Hall–Kier alpha value is -0.650. The molecule has 0 aromatic rings. The van der Waals surface area contributed by atoms with Gasteiger partial charge in [-0.1, -0.05) is 0 Å². The molecule has 0 radical (unpaired) electrons. The number of morpholine rings is 1. The summed E-state index contributed by atoms with van der Waals surface area (Å²) in [7, 11) is 0. The van der Waals surface area contributed by atoms with Crippen molar-refractivity contribution in [2.45, 2.75) is 51.4 Å². The van der Waals surface area contributed by atoms with E-state index in [2.05, 4.69) is 18.7 Å². The Balaban J connectivity index is 2.29. The van der Waals surface area contributed by atoms with E-state index in [1.807, 2.05) is 0 Å². The van der Waals surface area contributed by atoms with Crippen molar-refractivity contribution in [3.8, 4) is 0 Å². The normalized spacial score (nSPS) is 29.9. The second-order valence-corrected chi connectivity index (χ2v) is 5.40. The summed E-state index contributed by atoms with van der Waals surface area (Å²) in [5.74, 6) is -0.429. The number of amides is 1. The quantitative estimate of drug-likeness (QED) is 0.716. The van der Waals surface area contributed by atoms with Crippen molar-refractivity contribution in [2.75, 3.05) is 19.6 Å². The fraction of sp³-hybridized carbons (Fsp3) is 0.917. The Kier molecular flexibility index (Phi) is 4.91. The second-order valence-electron chi connectivity index (χ2n) is 5.40. The number of nitrogens with zero attached hydrogens (tertiary/aromatic N) is 1. The van der Waals surface area contributed by atoms with Gasteiger partial charge in [-0.25, -0.2) is 0 Å². The van der Waals surface area contributed by atoms with E-state index in [1.54, 1.807) is 6.92 Å². The van der Waals surface area contributed by atoms with Crippen LogP contribution < -0.4 is 11.5 Å². The molecule has 1 rings (SSSR count). The van der Waals surface area contributed by atoms with Crippen molar-refractivity contribution in [2.24, 2.45) is 11.5 Å². The van der Waals surface area contributed by atoms with Crippen molar-refractivity contribution < 1.29 is 9.53 Å². The number of ether oxygens (including phenoxy) is 1. The molecule has 17 heavy (non-hydrogen) atoms. The van der Waals surface area contributed by atoms with Crippen LogP contribution >= 0.6 is 0 Å². The van der Waals surface area contributed by atoms with Crippen molar-refractivity contribution in [1.29, 1.82) is 0 Å². The van der Waals surface area contributed by atoms with Gasteiger partial charge >= 0.3 is 0 Å². The Bertz CT molecular complexity index is 258. The monoisotopic (exact) mass is 243 g/mol. The van der Waals surface area contributed by atoms with E-state index in [0.717, 1.165) is 26.1 Å². The lowest BCUT2D eigenvalue weighted by Crippen LogP contribution is -2.50. The van der Waals surface area contributed by atoms with Gasteiger partial charge in [0.25, 0.3) is 0 Å². The first kappa shape index (κ1) is 14.4. The average molecular weight is 243 g/mol. The first-order valence-electron chi connectivity index (χ1n) is 6.28. The molecule has 1 heterocycles. The van der Waals surface area contributed by atoms with Crippen LogP contribution in [-0.2, 0) is 9.53 Å². The number of carbonyl (C=O) groups is 1. The lowest BCUT2D eigenvalue weighted by atomic mass is 9.96. The first-order valence-corrected chi connectivity index (χ1v) is 6.28. The first-order chi connectivity index (χ1) is 7.81. The van der Waals surface area contributed by atoms with Crippen LogP contribution in [0.5, 0.6) is 0 Å². The summed E-state index contributed by atoms with van der Waals surface area (Å²) in [6.07, 6.45) is 2.07. The zero-order valence-electron chi connectivity index (χ0n) is 11.1. The summed E-state index contributed by atoms with van der Waals surface area (Å²) in [6.45, 7) is 8.70. The number of hydrogen-bond donors (Lipinski definition) is 2. The molecule has 1 unspecified atom stereocenters. The highest BCUT2D eigenvalue weighted by molar-refractivity contribution is 5.83. The Morgan fingerprint density at radius 3 is 2.41 bits per heavy atom. The lowest BCUT2D eigenvalue weighted by molar-refractivity contribution is -0.122. The molecule has 1 aliphatic rings. The zero-order chi connectivity index (χ0) is 13.1. The highest BCUT2D eigenvalue weighted by Gasteiger charge is 2.26. The standard InChI is InChI=1S/C12H25N3O2/c1-9-7-15(8-10(2)17-9)6-4-5-12(3,14)11(13)16/h9-10H,4-8,14H2,1-3H3,(H2,13,16)/t9-,10+,12?. The number of rotatable bonds is 5. The van der Waals surface area contributed by atoms with E-state index in [0.29, 0.717) is 6.42 Å². The summed E-state index contributed by atoms with van der Waals surface area (Å²) >= 11 is 0. The van der Waals surface area contributed by atoms with Gasteiger partial charge in [0.05, 0.1) is 17.7 Å². The summed E-state index contributed by atoms with van der Waals surface area (Å²) in [5.41, 5.74) is 10.2. The topological polar surface area (TPSA) is 81.6 Å². The molecular formula is C12H25N3O2. The van der Waals surface area contributed by atoms with Crippen LogP contribution in [0.25, 0.3) is 0 Å². The van der Waals surface area contributed by atoms with E-state index in [-0.39, 0.29) is 12.2 Å². The SMILES string of the molecule is C[C@@H]1CN(CCCC(C)(N)C(N)=O)C[C@H](C)O1. The maximum Gasteiger partial charge on any atom is 0.237 e. The number of carbonyl (C=O) groups excluding carboxylic acids is 1. The van der Waals surface area contributed by atoms with E-state index in [1.165, 1.54) is 0 Å². The fourth-order valence-electron chi connectivity index (χ4n) is 2.26. The van der Waals surface area contributed by atoms with Crippen molar-refractivity contribution in [1.82, 2.24) is 4.90 Å². The molecule has 0 aromatic carbocycles. The zero-order valence-corrected chi connectivity index (χ0v) is 11.1. The molecule has 1 amide bonds. The predicted octanol–water partition coefficient (Wildman–Crippen LogP) is 0.0785. The smallest absolute Gasteiger partial charge is 0.237 e. The Morgan fingerprint density at radius 2 is 1.94 bits per heavy atom. The van der Waals surface area contributed by atoms with Gasteiger partial charge in [-0.2, -0.15) is 0 Å². The van der Waals surface area contributed by atoms with E-state index >= 15 is 0 Å². The molecular weight excluding hydrogens is 218 g/mol. The third-order valence-electron chi connectivity index (χ3n) is 3.23. The van der Waals surface area contributed by atoms with Crippen molar-refractivity contribution in [3.05, 3.63) is 0 Å². The summed E-state index contributed by atoms with van der Waals surface area (Å²) in [4.78, 5) is 13.4. The van der Waals surface area contributed by atoms with Crippen LogP contribution in [0, 0.1) is 0 Å².